The molecule has 0 aliphatic heterocycles. The van der Waals surface area contributed by atoms with Crippen molar-refractivity contribution in [3.05, 3.63) is 29.6 Å². The highest BCUT2D eigenvalue weighted by molar-refractivity contribution is 7.92. The molecule has 8 heteroatoms. The summed E-state index contributed by atoms with van der Waals surface area (Å²) in [6, 6.07) is 2.91. The van der Waals surface area contributed by atoms with Crippen LogP contribution in [0.25, 0.3) is 0 Å². The van der Waals surface area contributed by atoms with Crippen molar-refractivity contribution in [2.24, 2.45) is 0 Å². The van der Waals surface area contributed by atoms with E-state index in [1.54, 1.807) is 13.8 Å². The maximum absolute atomic E-state index is 12.2. The molecular formula is C12H15N3O4S. The largest absolute Gasteiger partial charge is 0.478 e. The van der Waals surface area contributed by atoms with Crippen molar-refractivity contribution in [1.82, 2.24) is 10.1 Å². The van der Waals surface area contributed by atoms with E-state index in [2.05, 4.69) is 14.9 Å². The van der Waals surface area contributed by atoms with E-state index in [4.69, 9.17) is 9.26 Å². The Morgan fingerprint density at radius 2 is 2.10 bits per heavy atom. The van der Waals surface area contributed by atoms with E-state index in [1.165, 1.54) is 18.3 Å². The van der Waals surface area contributed by atoms with E-state index in [-0.39, 0.29) is 10.8 Å². The summed E-state index contributed by atoms with van der Waals surface area (Å²) in [5.41, 5.74) is 1.28. The molecule has 0 atom stereocenters. The highest BCUT2D eigenvalue weighted by atomic mass is 32.2. The molecule has 0 amide bonds. The summed E-state index contributed by atoms with van der Waals surface area (Å²) in [7, 11) is -3.76. The van der Waals surface area contributed by atoms with Crippen molar-refractivity contribution >= 4 is 15.9 Å². The second kappa shape index (κ2) is 5.49. The van der Waals surface area contributed by atoms with Crippen LogP contribution in [0.2, 0.25) is 0 Å². The second-order valence-corrected chi connectivity index (χ2v) is 5.78. The maximum Gasteiger partial charge on any atom is 0.265 e. The lowest BCUT2D eigenvalue weighted by molar-refractivity contribution is 0.326. The summed E-state index contributed by atoms with van der Waals surface area (Å²) in [6.45, 7) is 5.74. The summed E-state index contributed by atoms with van der Waals surface area (Å²) in [6.07, 6.45) is 1.23. The number of rotatable bonds is 5. The van der Waals surface area contributed by atoms with Crippen molar-refractivity contribution in [3.8, 4) is 5.88 Å². The zero-order chi connectivity index (χ0) is 14.8. The molecule has 0 aliphatic rings. The molecule has 0 saturated carbocycles. The van der Waals surface area contributed by atoms with Crippen molar-refractivity contribution in [2.75, 3.05) is 11.3 Å². The number of ether oxygens (including phenoxy) is 1. The lowest BCUT2D eigenvalue weighted by Gasteiger charge is -2.06. The van der Waals surface area contributed by atoms with Gasteiger partial charge in [0.05, 0.1) is 18.5 Å². The summed E-state index contributed by atoms with van der Waals surface area (Å²) in [5.74, 6) is 0.481. The average Bonchev–Trinajstić information content (AvgIpc) is 2.71. The van der Waals surface area contributed by atoms with Crippen LogP contribution in [0.1, 0.15) is 18.2 Å². The summed E-state index contributed by atoms with van der Waals surface area (Å²) < 4.78 is 36.7. The summed E-state index contributed by atoms with van der Waals surface area (Å²) in [4.78, 5) is 3.94. The fraction of sp³-hybridized carbons (Fsp3) is 0.333. The SMILES string of the molecule is CCOc1ccc(S(=O)(=O)Nc2onc(C)c2C)cn1. The monoisotopic (exact) mass is 297 g/mol. The first kappa shape index (κ1) is 14.3. The normalized spacial score (nSPS) is 11.3. The fourth-order valence-electron chi connectivity index (χ4n) is 1.45. The lowest BCUT2D eigenvalue weighted by Crippen LogP contribution is -2.13. The topological polar surface area (TPSA) is 94.3 Å². The number of hydrogen-bond acceptors (Lipinski definition) is 6. The molecule has 0 radical (unpaired) electrons. The number of nitrogens with zero attached hydrogens (tertiary/aromatic N) is 2. The average molecular weight is 297 g/mol. The molecule has 0 fully saturated rings. The smallest absolute Gasteiger partial charge is 0.265 e. The first-order valence-corrected chi connectivity index (χ1v) is 7.47. The number of sulfonamides is 1. The van der Waals surface area contributed by atoms with Gasteiger partial charge >= 0.3 is 0 Å². The van der Waals surface area contributed by atoms with Crippen molar-refractivity contribution in [3.63, 3.8) is 0 Å². The van der Waals surface area contributed by atoms with Gasteiger partial charge in [0.2, 0.25) is 11.8 Å². The second-order valence-electron chi connectivity index (χ2n) is 4.09. The number of aryl methyl sites for hydroxylation is 1. The Bertz CT molecular complexity index is 692. The molecule has 2 aromatic rings. The van der Waals surface area contributed by atoms with Crippen LogP contribution in [0.3, 0.4) is 0 Å². The lowest BCUT2D eigenvalue weighted by atomic mass is 10.3. The van der Waals surface area contributed by atoms with Crippen LogP contribution < -0.4 is 9.46 Å². The summed E-state index contributed by atoms with van der Waals surface area (Å²) >= 11 is 0. The molecule has 2 aromatic heterocycles. The molecule has 1 N–H and O–H groups in total. The molecule has 0 saturated heterocycles. The van der Waals surface area contributed by atoms with Gasteiger partial charge in [-0.25, -0.2) is 18.1 Å². The summed E-state index contributed by atoms with van der Waals surface area (Å²) in [5, 5.41) is 3.69. The van der Waals surface area contributed by atoms with Crippen molar-refractivity contribution in [1.29, 1.82) is 0 Å². The fourth-order valence-corrected chi connectivity index (χ4v) is 2.44. The Labute approximate surface area is 117 Å². The van der Waals surface area contributed by atoms with Gasteiger partial charge in [0.15, 0.2) is 0 Å². The number of nitrogens with one attached hydrogen (secondary N) is 1. The quantitative estimate of drug-likeness (QED) is 0.905. The zero-order valence-electron chi connectivity index (χ0n) is 11.4. The third kappa shape index (κ3) is 2.90. The Balaban J connectivity index is 2.24. The predicted molar refractivity (Wildman–Crippen MR) is 72.2 cm³/mol. The van der Waals surface area contributed by atoms with Crippen LogP contribution >= 0.6 is 0 Å². The van der Waals surface area contributed by atoms with Crippen LogP contribution in [-0.4, -0.2) is 25.2 Å². The molecule has 2 heterocycles. The number of hydrogen-bond donors (Lipinski definition) is 1. The van der Waals surface area contributed by atoms with Crippen LogP contribution in [0.4, 0.5) is 5.88 Å². The van der Waals surface area contributed by atoms with Crippen molar-refractivity contribution < 1.29 is 17.7 Å². The molecule has 0 aromatic carbocycles. The van der Waals surface area contributed by atoms with Crippen LogP contribution in [0.5, 0.6) is 5.88 Å². The zero-order valence-corrected chi connectivity index (χ0v) is 12.2. The van der Waals surface area contributed by atoms with Gasteiger partial charge in [-0.3, -0.25) is 0 Å². The minimum Gasteiger partial charge on any atom is -0.478 e. The van der Waals surface area contributed by atoms with Crippen LogP contribution in [0, 0.1) is 13.8 Å². The molecule has 0 unspecified atom stereocenters. The van der Waals surface area contributed by atoms with E-state index >= 15 is 0 Å². The van der Waals surface area contributed by atoms with Gasteiger partial charge in [-0.15, -0.1) is 0 Å². The van der Waals surface area contributed by atoms with E-state index in [9.17, 15) is 8.42 Å². The van der Waals surface area contributed by atoms with Gasteiger partial charge < -0.3 is 9.26 Å². The Kier molecular flexibility index (Phi) is 3.93. The van der Waals surface area contributed by atoms with Gasteiger partial charge in [-0.05, 0) is 26.8 Å². The van der Waals surface area contributed by atoms with E-state index < -0.39 is 10.0 Å². The molecule has 0 aliphatic carbocycles. The highest BCUT2D eigenvalue weighted by Crippen LogP contribution is 2.22. The number of aromatic nitrogens is 2. The molecule has 0 bridgehead atoms. The highest BCUT2D eigenvalue weighted by Gasteiger charge is 2.19. The molecule has 20 heavy (non-hydrogen) atoms. The van der Waals surface area contributed by atoms with Crippen molar-refractivity contribution in [2.45, 2.75) is 25.7 Å². The maximum atomic E-state index is 12.2. The standard InChI is InChI=1S/C12H15N3O4S/c1-4-18-11-6-5-10(7-13-11)20(16,17)15-12-8(2)9(3)14-19-12/h5-7,15H,4H2,1-3H3. The van der Waals surface area contributed by atoms with Gasteiger partial charge in [-0.2, -0.15) is 0 Å². The molecule has 0 spiro atoms. The molecule has 7 nitrogen and oxygen atoms in total. The Morgan fingerprint density at radius 3 is 2.60 bits per heavy atom. The minimum atomic E-state index is -3.76. The molecule has 2 rings (SSSR count). The third-order valence-electron chi connectivity index (χ3n) is 2.70. The van der Waals surface area contributed by atoms with E-state index in [0.29, 0.717) is 23.7 Å². The first-order valence-electron chi connectivity index (χ1n) is 5.98. The van der Waals surface area contributed by atoms with Crippen LogP contribution in [0.15, 0.2) is 27.7 Å². The van der Waals surface area contributed by atoms with Gasteiger partial charge in [0.25, 0.3) is 10.0 Å². The molecular weight excluding hydrogens is 282 g/mol. The predicted octanol–water partition coefficient (Wildman–Crippen LogP) is 1.89. The number of pyridine rings is 1. The van der Waals surface area contributed by atoms with Gasteiger partial charge in [0.1, 0.15) is 4.90 Å². The van der Waals surface area contributed by atoms with E-state index in [1.807, 2.05) is 6.92 Å². The van der Waals surface area contributed by atoms with E-state index in [0.717, 1.165) is 0 Å². The number of anilines is 1. The first-order chi connectivity index (χ1) is 9.44. The minimum absolute atomic E-state index is 0.0226. The van der Waals surface area contributed by atoms with Crippen LogP contribution in [-0.2, 0) is 10.0 Å². The van der Waals surface area contributed by atoms with Gasteiger partial charge in [-0.1, -0.05) is 5.16 Å². The molecule has 108 valence electrons. The van der Waals surface area contributed by atoms with Gasteiger partial charge in [0, 0.05) is 11.6 Å². The Morgan fingerprint density at radius 1 is 1.35 bits per heavy atom. The third-order valence-corrected chi connectivity index (χ3v) is 4.01. The Hall–Kier alpha value is -2.09.